The summed E-state index contributed by atoms with van der Waals surface area (Å²) in [6.07, 6.45) is 0. The first kappa shape index (κ1) is 16.9. The van der Waals surface area contributed by atoms with Crippen molar-refractivity contribution in [3.05, 3.63) is 97.1 Å². The van der Waals surface area contributed by atoms with Gasteiger partial charge in [-0.2, -0.15) is 0 Å². The number of hydrogen-bond acceptors (Lipinski definition) is 2. The minimum atomic E-state index is 0.234. The first-order chi connectivity index (χ1) is 13.3. The molecule has 4 aromatic carbocycles. The molecule has 0 heterocycles. The lowest BCUT2D eigenvalue weighted by molar-refractivity contribution is 0.416. The van der Waals surface area contributed by atoms with Crippen LogP contribution < -0.4 is 4.74 Å². The molecule has 0 aliphatic heterocycles. The number of phenols is 1. The molecule has 0 radical (unpaired) electrons. The zero-order valence-corrected chi connectivity index (χ0v) is 15.1. The predicted octanol–water partition coefficient (Wildman–Crippen LogP) is 6.40. The number of ether oxygens (including phenoxy) is 1. The highest BCUT2D eigenvalue weighted by Gasteiger charge is 2.13. The Morgan fingerprint density at radius 1 is 0.556 bits per heavy atom. The quantitative estimate of drug-likeness (QED) is 0.460. The second-order valence-electron chi connectivity index (χ2n) is 6.38. The van der Waals surface area contributed by atoms with Crippen LogP contribution in [0.4, 0.5) is 0 Å². The van der Waals surface area contributed by atoms with Gasteiger partial charge < -0.3 is 9.84 Å². The third kappa shape index (κ3) is 3.42. The second kappa shape index (κ2) is 7.38. The molecule has 0 aliphatic carbocycles. The van der Waals surface area contributed by atoms with Crippen molar-refractivity contribution in [2.24, 2.45) is 0 Å². The van der Waals surface area contributed by atoms with Crippen LogP contribution in [0.1, 0.15) is 0 Å². The van der Waals surface area contributed by atoms with Gasteiger partial charge in [0.25, 0.3) is 0 Å². The lowest BCUT2D eigenvalue weighted by Crippen LogP contribution is -1.90. The van der Waals surface area contributed by atoms with Gasteiger partial charge in [-0.05, 0) is 46.5 Å². The molecule has 132 valence electrons. The highest BCUT2D eigenvalue weighted by atomic mass is 16.5. The van der Waals surface area contributed by atoms with Gasteiger partial charge >= 0.3 is 0 Å². The average molecular weight is 352 g/mol. The van der Waals surface area contributed by atoms with Crippen LogP contribution in [0.25, 0.3) is 33.4 Å². The minimum absolute atomic E-state index is 0.234. The van der Waals surface area contributed by atoms with E-state index in [1.807, 2.05) is 60.7 Å². The SMILES string of the molecule is COc1ccc(-c2ccccc2)cc1-c1cc(-c2ccccc2)ccc1O. The number of phenolic OH excluding ortho intramolecular Hbond substituents is 1. The molecule has 0 atom stereocenters. The molecule has 2 nitrogen and oxygen atoms in total. The minimum Gasteiger partial charge on any atom is -0.507 e. The molecule has 27 heavy (non-hydrogen) atoms. The van der Waals surface area contributed by atoms with Crippen molar-refractivity contribution in [1.29, 1.82) is 0 Å². The van der Waals surface area contributed by atoms with Crippen molar-refractivity contribution in [2.45, 2.75) is 0 Å². The Bertz CT molecular complexity index is 1050. The van der Waals surface area contributed by atoms with Crippen molar-refractivity contribution in [3.63, 3.8) is 0 Å². The molecule has 0 unspecified atom stereocenters. The second-order valence-corrected chi connectivity index (χ2v) is 6.38. The Morgan fingerprint density at radius 3 is 1.63 bits per heavy atom. The summed E-state index contributed by atoms with van der Waals surface area (Å²) in [7, 11) is 1.65. The van der Waals surface area contributed by atoms with Gasteiger partial charge in [0.2, 0.25) is 0 Å². The molecular weight excluding hydrogens is 332 g/mol. The van der Waals surface area contributed by atoms with E-state index in [4.69, 9.17) is 4.74 Å². The van der Waals surface area contributed by atoms with Gasteiger partial charge in [0.1, 0.15) is 11.5 Å². The van der Waals surface area contributed by atoms with Gasteiger partial charge in [-0.3, -0.25) is 0 Å². The van der Waals surface area contributed by atoms with Gasteiger partial charge in [0.15, 0.2) is 0 Å². The van der Waals surface area contributed by atoms with E-state index in [-0.39, 0.29) is 5.75 Å². The van der Waals surface area contributed by atoms with E-state index < -0.39 is 0 Å². The standard InChI is InChI=1S/C25H20O2/c1-27-25-15-13-21(19-10-6-3-7-11-19)17-23(25)22-16-20(12-14-24(22)26)18-8-4-2-5-9-18/h2-17,26H,1H3. The van der Waals surface area contributed by atoms with Crippen LogP contribution in [0.15, 0.2) is 97.1 Å². The smallest absolute Gasteiger partial charge is 0.126 e. The first-order valence-corrected chi connectivity index (χ1v) is 8.88. The highest BCUT2D eigenvalue weighted by molar-refractivity contribution is 5.83. The van der Waals surface area contributed by atoms with Crippen LogP contribution >= 0.6 is 0 Å². The van der Waals surface area contributed by atoms with Crippen LogP contribution in [0.3, 0.4) is 0 Å². The zero-order chi connectivity index (χ0) is 18.6. The van der Waals surface area contributed by atoms with E-state index in [1.165, 1.54) is 0 Å². The molecule has 0 spiro atoms. The lowest BCUT2D eigenvalue weighted by Gasteiger charge is -2.14. The van der Waals surface area contributed by atoms with Gasteiger partial charge in [-0.1, -0.05) is 72.8 Å². The maximum absolute atomic E-state index is 10.6. The largest absolute Gasteiger partial charge is 0.507 e. The third-order valence-corrected chi connectivity index (χ3v) is 4.70. The van der Waals surface area contributed by atoms with Gasteiger partial charge in [-0.25, -0.2) is 0 Å². The molecule has 4 aromatic rings. The van der Waals surface area contributed by atoms with Crippen molar-refractivity contribution in [2.75, 3.05) is 7.11 Å². The van der Waals surface area contributed by atoms with Crippen molar-refractivity contribution in [3.8, 4) is 44.9 Å². The van der Waals surface area contributed by atoms with Gasteiger partial charge in [0, 0.05) is 11.1 Å². The Hall–Kier alpha value is -3.52. The Labute approximate surface area is 159 Å². The topological polar surface area (TPSA) is 29.5 Å². The summed E-state index contributed by atoms with van der Waals surface area (Å²) in [6, 6.07) is 32.1. The van der Waals surface area contributed by atoms with Crippen LogP contribution in [0.5, 0.6) is 11.5 Å². The molecule has 0 amide bonds. The maximum atomic E-state index is 10.6. The van der Waals surface area contributed by atoms with Crippen LogP contribution in [0.2, 0.25) is 0 Å². The fraction of sp³-hybridized carbons (Fsp3) is 0.0400. The Balaban J connectivity index is 1.87. The normalized spacial score (nSPS) is 10.6. The summed E-state index contributed by atoms with van der Waals surface area (Å²) in [6.45, 7) is 0. The Morgan fingerprint density at radius 2 is 1.07 bits per heavy atom. The van der Waals surface area contributed by atoms with Gasteiger partial charge in [-0.15, -0.1) is 0 Å². The maximum Gasteiger partial charge on any atom is 0.126 e. The van der Waals surface area contributed by atoms with E-state index in [1.54, 1.807) is 13.2 Å². The van der Waals surface area contributed by atoms with E-state index in [0.717, 1.165) is 39.1 Å². The molecule has 0 bridgehead atoms. The van der Waals surface area contributed by atoms with E-state index >= 15 is 0 Å². The van der Waals surface area contributed by atoms with Crippen LogP contribution in [-0.2, 0) is 0 Å². The number of aromatic hydroxyl groups is 1. The monoisotopic (exact) mass is 352 g/mol. The molecule has 1 N–H and O–H groups in total. The molecule has 0 aromatic heterocycles. The van der Waals surface area contributed by atoms with E-state index in [2.05, 4.69) is 30.3 Å². The van der Waals surface area contributed by atoms with Crippen molar-refractivity contribution in [1.82, 2.24) is 0 Å². The van der Waals surface area contributed by atoms with Crippen LogP contribution in [-0.4, -0.2) is 12.2 Å². The molecular formula is C25H20O2. The first-order valence-electron chi connectivity index (χ1n) is 8.88. The average Bonchev–Trinajstić information content (AvgIpc) is 2.75. The fourth-order valence-electron chi connectivity index (χ4n) is 3.29. The summed E-state index contributed by atoms with van der Waals surface area (Å²) in [5.41, 5.74) is 5.99. The molecule has 0 saturated carbocycles. The summed E-state index contributed by atoms with van der Waals surface area (Å²) in [5, 5.41) is 10.6. The molecule has 0 fully saturated rings. The van der Waals surface area contributed by atoms with Crippen LogP contribution in [0, 0.1) is 0 Å². The molecule has 0 aliphatic rings. The zero-order valence-electron chi connectivity index (χ0n) is 15.1. The predicted molar refractivity (Wildman–Crippen MR) is 111 cm³/mol. The summed E-state index contributed by atoms with van der Waals surface area (Å²) >= 11 is 0. The molecule has 0 saturated heterocycles. The highest BCUT2D eigenvalue weighted by Crippen LogP contribution is 2.40. The van der Waals surface area contributed by atoms with Gasteiger partial charge in [0.05, 0.1) is 7.11 Å². The number of benzene rings is 4. The number of rotatable bonds is 4. The number of methoxy groups -OCH3 is 1. The van der Waals surface area contributed by atoms with E-state index in [0.29, 0.717) is 0 Å². The van der Waals surface area contributed by atoms with Crippen molar-refractivity contribution >= 4 is 0 Å². The summed E-state index contributed by atoms with van der Waals surface area (Å²) < 4.78 is 5.58. The molecule has 2 heteroatoms. The molecule has 4 rings (SSSR count). The fourth-order valence-corrected chi connectivity index (χ4v) is 3.29. The number of hydrogen-bond donors (Lipinski definition) is 1. The van der Waals surface area contributed by atoms with E-state index in [9.17, 15) is 5.11 Å². The van der Waals surface area contributed by atoms with Crippen molar-refractivity contribution < 1.29 is 9.84 Å². The Kier molecular flexibility index (Phi) is 4.63. The summed E-state index contributed by atoms with van der Waals surface area (Å²) in [4.78, 5) is 0. The summed E-state index contributed by atoms with van der Waals surface area (Å²) in [5.74, 6) is 0.966. The lowest BCUT2D eigenvalue weighted by atomic mass is 9.95. The third-order valence-electron chi connectivity index (χ3n) is 4.70.